The Labute approximate surface area is 202 Å². The van der Waals surface area contributed by atoms with Gasteiger partial charge in [-0.3, -0.25) is 4.90 Å². The first-order chi connectivity index (χ1) is 16.2. The molecule has 0 aliphatic carbocycles. The fraction of sp³-hybridized carbons (Fsp3) is 0.520. The summed E-state index contributed by atoms with van der Waals surface area (Å²) in [7, 11) is 0. The van der Waals surface area contributed by atoms with Crippen molar-refractivity contribution in [3.63, 3.8) is 0 Å². The fourth-order valence-corrected chi connectivity index (χ4v) is 4.46. The molecule has 0 spiro atoms. The minimum Gasteiger partial charge on any atom is -0.492 e. The predicted molar refractivity (Wildman–Crippen MR) is 134 cm³/mol. The van der Waals surface area contributed by atoms with E-state index in [-0.39, 0.29) is 5.79 Å². The van der Waals surface area contributed by atoms with Gasteiger partial charge in [-0.15, -0.1) is 0 Å². The van der Waals surface area contributed by atoms with Crippen molar-refractivity contribution in [1.29, 1.82) is 0 Å². The Morgan fingerprint density at radius 2 is 1.58 bits per heavy atom. The predicted octanol–water partition coefficient (Wildman–Crippen LogP) is 4.85. The molecule has 0 unspecified atom stereocenters. The smallest absolute Gasteiger partial charge is 0.180 e. The normalized spacial score (nSPS) is 11.9. The topological polar surface area (TPSA) is 60.1 Å². The van der Waals surface area contributed by atoms with Gasteiger partial charge in [0.15, 0.2) is 5.79 Å². The molecule has 1 N–H and O–H groups in total. The summed E-state index contributed by atoms with van der Waals surface area (Å²) in [5, 5.41) is 4.22. The van der Waals surface area contributed by atoms with Crippen LogP contribution in [0.4, 0.5) is 0 Å². The number of imidazole rings is 2. The van der Waals surface area contributed by atoms with Crippen LogP contribution in [0.3, 0.4) is 0 Å². The molecule has 8 heteroatoms. The van der Waals surface area contributed by atoms with Crippen molar-refractivity contribution in [3.05, 3.63) is 66.7 Å². The van der Waals surface area contributed by atoms with Crippen LogP contribution in [0.2, 0.25) is 5.02 Å². The molecule has 3 rings (SSSR count). The monoisotopic (exact) mass is 472 g/mol. The van der Waals surface area contributed by atoms with Crippen LogP contribution in [0.25, 0.3) is 0 Å². The molecule has 0 fully saturated rings. The van der Waals surface area contributed by atoms with E-state index in [2.05, 4.69) is 55.6 Å². The summed E-state index contributed by atoms with van der Waals surface area (Å²) >= 11 is 5.91. The van der Waals surface area contributed by atoms with E-state index >= 15 is 0 Å². The van der Waals surface area contributed by atoms with Gasteiger partial charge in [0.05, 0.1) is 12.7 Å². The fourth-order valence-electron chi connectivity index (χ4n) is 4.34. The number of benzene rings is 1. The van der Waals surface area contributed by atoms with E-state index in [4.69, 9.17) is 16.3 Å². The van der Waals surface area contributed by atoms with Gasteiger partial charge >= 0.3 is 0 Å². The van der Waals surface area contributed by atoms with Crippen molar-refractivity contribution in [2.45, 2.75) is 51.7 Å². The van der Waals surface area contributed by atoms with Crippen LogP contribution in [0.1, 0.15) is 46.0 Å². The molecule has 7 nitrogen and oxygen atoms in total. The van der Waals surface area contributed by atoms with E-state index in [1.54, 1.807) is 0 Å². The van der Waals surface area contributed by atoms with E-state index in [0.717, 1.165) is 69.1 Å². The first kappa shape index (κ1) is 25.3. The number of hydrogen-bond acceptors (Lipinski definition) is 5. The molecular formula is C25H37ClN6O. The summed E-state index contributed by atoms with van der Waals surface area (Å²) < 4.78 is 10.2. The van der Waals surface area contributed by atoms with Crippen molar-refractivity contribution in [3.8, 4) is 5.75 Å². The summed E-state index contributed by atoms with van der Waals surface area (Å²) in [6.45, 7) is 8.92. The second kappa shape index (κ2) is 13.4. The number of halogens is 1. The molecule has 0 radical (unpaired) electrons. The summed E-state index contributed by atoms with van der Waals surface area (Å²) in [6, 6.07) is 7.48. The molecule has 0 amide bonds. The molecule has 0 atom stereocenters. The second-order valence-electron chi connectivity index (χ2n) is 8.21. The van der Waals surface area contributed by atoms with Crippen molar-refractivity contribution >= 4 is 11.6 Å². The molecular weight excluding hydrogens is 436 g/mol. The van der Waals surface area contributed by atoms with Gasteiger partial charge in [-0.25, -0.2) is 9.97 Å². The van der Waals surface area contributed by atoms with Gasteiger partial charge < -0.3 is 19.2 Å². The Balaban J connectivity index is 1.56. The third-order valence-electron chi connectivity index (χ3n) is 5.81. The van der Waals surface area contributed by atoms with E-state index in [1.165, 1.54) is 0 Å². The molecule has 0 saturated heterocycles. The Kier molecular flexibility index (Phi) is 10.2. The van der Waals surface area contributed by atoms with Crippen LogP contribution in [0.15, 0.2) is 61.7 Å². The van der Waals surface area contributed by atoms with Crippen molar-refractivity contribution < 1.29 is 4.74 Å². The molecule has 0 aliphatic heterocycles. The molecule has 180 valence electrons. The lowest BCUT2D eigenvalue weighted by molar-refractivity contribution is -0.0230. The van der Waals surface area contributed by atoms with Gasteiger partial charge in [-0.1, -0.05) is 25.4 Å². The average Bonchev–Trinajstić information content (AvgIpc) is 3.55. The second-order valence-corrected chi connectivity index (χ2v) is 8.65. The van der Waals surface area contributed by atoms with Gasteiger partial charge in [-0.05, 0) is 56.5 Å². The molecule has 0 aliphatic rings. The maximum atomic E-state index is 5.91. The van der Waals surface area contributed by atoms with E-state index < -0.39 is 0 Å². The first-order valence-electron chi connectivity index (χ1n) is 12.0. The standard InChI is InChI=1S/C25H37ClN6O/c1-3-16-30(17-4-2)25(31-18-13-28-21-31,32-19-14-29-22-32)11-5-6-12-27-15-20-33-24-9-7-23(26)8-10-24/h7-10,13-14,18-19,21-22,27H,3-6,11-12,15-17,20H2,1-2H3. The maximum absolute atomic E-state index is 5.91. The number of nitrogens with one attached hydrogen (secondary N) is 1. The van der Waals surface area contributed by atoms with Crippen LogP contribution in [0, 0.1) is 0 Å². The molecule has 3 aromatic rings. The third kappa shape index (κ3) is 6.82. The zero-order chi connectivity index (χ0) is 23.4. The van der Waals surface area contributed by atoms with Crippen LogP contribution in [-0.4, -0.2) is 56.8 Å². The minimum atomic E-state index is -0.337. The molecule has 2 aromatic heterocycles. The summed E-state index contributed by atoms with van der Waals surface area (Å²) in [6.07, 6.45) is 17.1. The lowest BCUT2D eigenvalue weighted by atomic mass is 10.1. The number of aromatic nitrogens is 4. The Morgan fingerprint density at radius 3 is 2.12 bits per heavy atom. The highest BCUT2D eigenvalue weighted by Crippen LogP contribution is 2.31. The van der Waals surface area contributed by atoms with E-state index in [0.29, 0.717) is 6.61 Å². The van der Waals surface area contributed by atoms with Crippen LogP contribution < -0.4 is 10.1 Å². The zero-order valence-electron chi connectivity index (χ0n) is 19.9. The van der Waals surface area contributed by atoms with Gasteiger partial charge in [-0.2, -0.15) is 0 Å². The number of hydrogen-bond donors (Lipinski definition) is 1. The van der Waals surface area contributed by atoms with Gasteiger partial charge in [0.25, 0.3) is 0 Å². The Morgan fingerprint density at radius 1 is 0.939 bits per heavy atom. The summed E-state index contributed by atoms with van der Waals surface area (Å²) in [4.78, 5) is 11.3. The van der Waals surface area contributed by atoms with Crippen molar-refractivity contribution in [1.82, 2.24) is 29.3 Å². The van der Waals surface area contributed by atoms with Crippen molar-refractivity contribution in [2.24, 2.45) is 0 Å². The number of unbranched alkanes of at least 4 members (excludes halogenated alkanes) is 1. The van der Waals surface area contributed by atoms with Gasteiger partial charge in [0, 0.05) is 55.9 Å². The summed E-state index contributed by atoms with van der Waals surface area (Å²) in [5.74, 6) is 0.509. The summed E-state index contributed by atoms with van der Waals surface area (Å²) in [5.41, 5.74) is 0. The van der Waals surface area contributed by atoms with Crippen LogP contribution in [0.5, 0.6) is 5.75 Å². The maximum Gasteiger partial charge on any atom is 0.180 e. The Hall–Kier alpha value is -2.35. The highest BCUT2D eigenvalue weighted by molar-refractivity contribution is 6.30. The van der Waals surface area contributed by atoms with Gasteiger partial charge in [0.2, 0.25) is 0 Å². The number of nitrogens with zero attached hydrogens (tertiary/aromatic N) is 5. The zero-order valence-corrected chi connectivity index (χ0v) is 20.6. The SMILES string of the molecule is CCCN(CCC)C(CCCCNCCOc1ccc(Cl)cc1)(n1ccnc1)n1ccnc1. The van der Waals surface area contributed by atoms with Crippen LogP contribution >= 0.6 is 11.6 Å². The molecule has 1 aromatic carbocycles. The first-order valence-corrected chi connectivity index (χ1v) is 12.4. The van der Waals surface area contributed by atoms with E-state index in [9.17, 15) is 0 Å². The highest BCUT2D eigenvalue weighted by Gasteiger charge is 2.38. The lowest BCUT2D eigenvalue weighted by Gasteiger charge is -2.46. The van der Waals surface area contributed by atoms with Gasteiger partial charge in [0.1, 0.15) is 12.4 Å². The van der Waals surface area contributed by atoms with E-state index in [1.807, 2.05) is 49.3 Å². The molecule has 0 saturated carbocycles. The van der Waals surface area contributed by atoms with Crippen LogP contribution in [-0.2, 0) is 5.79 Å². The highest BCUT2D eigenvalue weighted by atomic mass is 35.5. The molecule has 2 heterocycles. The average molecular weight is 473 g/mol. The third-order valence-corrected chi connectivity index (χ3v) is 6.06. The van der Waals surface area contributed by atoms with Crippen molar-refractivity contribution in [2.75, 3.05) is 32.8 Å². The quantitative estimate of drug-likeness (QED) is 0.302. The molecule has 33 heavy (non-hydrogen) atoms. The number of ether oxygens (including phenoxy) is 1. The lowest BCUT2D eigenvalue weighted by Crippen LogP contribution is -2.55. The largest absolute Gasteiger partial charge is 0.492 e. The molecule has 0 bridgehead atoms. The minimum absolute atomic E-state index is 0.337. The number of rotatable bonds is 16. The Bertz CT molecular complexity index is 842.